The fourth-order valence-corrected chi connectivity index (χ4v) is 3.14. The van der Waals surface area contributed by atoms with Gasteiger partial charge in [0.1, 0.15) is 11.4 Å². The van der Waals surface area contributed by atoms with Crippen LogP contribution < -0.4 is 10.1 Å². The number of nitro groups is 1. The van der Waals surface area contributed by atoms with Gasteiger partial charge in [0.05, 0.1) is 35.0 Å². The number of aromatic nitrogens is 2. The minimum Gasteiger partial charge on any atom is -0.496 e. The second kappa shape index (κ2) is 8.50. The molecule has 1 amide bonds. The molecule has 4 rings (SSSR count). The van der Waals surface area contributed by atoms with Gasteiger partial charge in [-0.1, -0.05) is 48.5 Å². The van der Waals surface area contributed by atoms with Gasteiger partial charge in [-0.2, -0.15) is 5.10 Å². The molecule has 31 heavy (non-hydrogen) atoms. The fourth-order valence-electron chi connectivity index (χ4n) is 3.14. The number of hydrogen-bond donors (Lipinski definition) is 1. The first-order chi connectivity index (χ1) is 15.0. The molecular weight excluding hydrogens is 396 g/mol. The Morgan fingerprint density at radius 2 is 1.71 bits per heavy atom. The molecule has 0 bridgehead atoms. The summed E-state index contributed by atoms with van der Waals surface area (Å²) in [5.74, 6) is -0.170. The number of benzene rings is 3. The summed E-state index contributed by atoms with van der Waals surface area (Å²) in [4.78, 5) is 23.8. The third kappa shape index (κ3) is 4.27. The van der Waals surface area contributed by atoms with Crippen LogP contribution in [0.4, 0.5) is 11.4 Å². The minimum atomic E-state index is -0.541. The first kappa shape index (κ1) is 19.8. The molecule has 1 N–H and O–H groups in total. The Balaban J connectivity index is 1.75. The lowest BCUT2D eigenvalue weighted by Gasteiger charge is -2.07. The number of nitro benzene ring substituents is 1. The van der Waals surface area contributed by atoms with Crippen molar-refractivity contribution in [2.75, 3.05) is 12.4 Å². The molecule has 0 fully saturated rings. The van der Waals surface area contributed by atoms with Crippen molar-refractivity contribution in [3.63, 3.8) is 0 Å². The van der Waals surface area contributed by atoms with E-state index in [1.54, 1.807) is 10.9 Å². The molecule has 0 aliphatic carbocycles. The number of rotatable bonds is 6. The lowest BCUT2D eigenvalue weighted by molar-refractivity contribution is -0.384. The van der Waals surface area contributed by atoms with Gasteiger partial charge in [0.15, 0.2) is 0 Å². The van der Waals surface area contributed by atoms with Gasteiger partial charge in [0.25, 0.3) is 11.6 Å². The molecule has 3 aromatic carbocycles. The average molecular weight is 414 g/mol. The number of hydrogen-bond acceptors (Lipinski definition) is 5. The van der Waals surface area contributed by atoms with Crippen LogP contribution in [-0.2, 0) is 0 Å². The van der Waals surface area contributed by atoms with Gasteiger partial charge >= 0.3 is 0 Å². The van der Waals surface area contributed by atoms with Crippen LogP contribution in [0.25, 0.3) is 16.9 Å². The van der Waals surface area contributed by atoms with Crippen LogP contribution in [0.5, 0.6) is 5.75 Å². The van der Waals surface area contributed by atoms with Crippen LogP contribution in [0, 0.1) is 10.1 Å². The predicted octanol–water partition coefficient (Wildman–Crippen LogP) is 4.71. The van der Waals surface area contributed by atoms with Crippen LogP contribution in [-0.4, -0.2) is 27.7 Å². The fraction of sp³-hybridized carbons (Fsp3) is 0.0435. The molecule has 0 saturated heterocycles. The van der Waals surface area contributed by atoms with Crippen molar-refractivity contribution in [2.24, 2.45) is 0 Å². The Morgan fingerprint density at radius 3 is 2.35 bits per heavy atom. The molecule has 1 heterocycles. The number of ether oxygens (including phenoxy) is 1. The van der Waals surface area contributed by atoms with E-state index in [4.69, 9.17) is 4.74 Å². The second-order valence-electron chi connectivity index (χ2n) is 6.67. The Hall–Kier alpha value is -4.46. The summed E-state index contributed by atoms with van der Waals surface area (Å²) in [5.41, 5.74) is 2.48. The lowest BCUT2D eigenvalue weighted by Crippen LogP contribution is -2.12. The van der Waals surface area contributed by atoms with Gasteiger partial charge in [-0.3, -0.25) is 14.9 Å². The number of methoxy groups -OCH3 is 1. The zero-order valence-electron chi connectivity index (χ0n) is 16.6. The highest BCUT2D eigenvalue weighted by Crippen LogP contribution is 2.28. The Morgan fingerprint density at radius 1 is 1.03 bits per heavy atom. The molecule has 0 spiro atoms. The molecule has 8 heteroatoms. The normalized spacial score (nSPS) is 10.5. The molecule has 0 unspecified atom stereocenters. The van der Waals surface area contributed by atoms with E-state index in [-0.39, 0.29) is 17.1 Å². The number of nitrogens with zero attached hydrogens (tertiary/aromatic N) is 3. The molecule has 8 nitrogen and oxygen atoms in total. The van der Waals surface area contributed by atoms with Crippen LogP contribution in [0.3, 0.4) is 0 Å². The minimum absolute atomic E-state index is 0.182. The van der Waals surface area contributed by atoms with Crippen molar-refractivity contribution in [2.45, 2.75) is 0 Å². The molecule has 0 radical (unpaired) electrons. The number of carbonyl (C=O) groups excluding carboxylic acids is 1. The first-order valence-corrected chi connectivity index (χ1v) is 9.40. The molecule has 0 aliphatic rings. The van der Waals surface area contributed by atoms with E-state index < -0.39 is 10.8 Å². The van der Waals surface area contributed by atoms with Crippen molar-refractivity contribution in [3.05, 3.63) is 101 Å². The van der Waals surface area contributed by atoms with E-state index >= 15 is 0 Å². The summed E-state index contributed by atoms with van der Waals surface area (Å²) in [6.45, 7) is 0. The molecule has 1 aromatic heterocycles. The summed E-state index contributed by atoms with van der Waals surface area (Å²) in [6.07, 6.45) is 1.64. The van der Waals surface area contributed by atoms with E-state index in [1.807, 2.05) is 60.7 Å². The van der Waals surface area contributed by atoms with Crippen LogP contribution in [0.15, 0.2) is 85.1 Å². The van der Waals surface area contributed by atoms with Gasteiger partial charge in [0.2, 0.25) is 0 Å². The molecule has 4 aromatic rings. The maximum Gasteiger partial charge on any atom is 0.275 e. The highest BCUT2D eigenvalue weighted by Gasteiger charge is 2.20. The van der Waals surface area contributed by atoms with E-state index in [0.717, 1.165) is 11.3 Å². The molecular formula is C23H18N4O4. The van der Waals surface area contributed by atoms with Crippen LogP contribution in [0.1, 0.15) is 10.4 Å². The highest BCUT2D eigenvalue weighted by atomic mass is 16.6. The molecule has 0 atom stereocenters. The van der Waals surface area contributed by atoms with Crippen molar-refractivity contribution in [1.82, 2.24) is 9.78 Å². The number of para-hydroxylation sites is 1. The third-order valence-corrected chi connectivity index (χ3v) is 4.62. The summed E-state index contributed by atoms with van der Waals surface area (Å²) >= 11 is 0. The third-order valence-electron chi connectivity index (χ3n) is 4.62. The van der Waals surface area contributed by atoms with Gasteiger partial charge in [-0.05, 0) is 12.1 Å². The van der Waals surface area contributed by atoms with Crippen molar-refractivity contribution < 1.29 is 14.5 Å². The van der Waals surface area contributed by atoms with E-state index in [2.05, 4.69) is 10.4 Å². The van der Waals surface area contributed by atoms with Crippen molar-refractivity contribution in [1.29, 1.82) is 0 Å². The molecule has 0 aliphatic heterocycles. The number of non-ortho nitro benzene ring substituents is 1. The van der Waals surface area contributed by atoms with E-state index in [1.165, 1.54) is 25.3 Å². The Labute approximate surface area is 177 Å². The maximum absolute atomic E-state index is 13.2. The highest BCUT2D eigenvalue weighted by molar-refractivity contribution is 6.08. The standard InChI is InChI=1S/C23H18N4O4/c1-31-20-13-17(12-19(14-20)27(29)30)24-23(28)21-15-26(18-10-6-3-7-11-18)25-22(21)16-8-4-2-5-9-16/h2-15H,1H3,(H,24,28). The number of carbonyl (C=O) groups is 1. The summed E-state index contributed by atoms with van der Waals surface area (Å²) in [5, 5.41) is 18.5. The summed E-state index contributed by atoms with van der Waals surface area (Å²) in [6, 6.07) is 22.9. The predicted molar refractivity (Wildman–Crippen MR) is 117 cm³/mol. The van der Waals surface area contributed by atoms with E-state index in [9.17, 15) is 14.9 Å². The maximum atomic E-state index is 13.2. The number of anilines is 1. The second-order valence-corrected chi connectivity index (χ2v) is 6.67. The summed E-state index contributed by atoms with van der Waals surface area (Å²) < 4.78 is 6.75. The quantitative estimate of drug-likeness (QED) is 0.364. The molecule has 154 valence electrons. The zero-order valence-corrected chi connectivity index (χ0v) is 16.6. The van der Waals surface area contributed by atoms with Crippen molar-refractivity contribution >= 4 is 17.3 Å². The Kier molecular flexibility index (Phi) is 5.44. The number of amides is 1. The van der Waals surface area contributed by atoms with Gasteiger partial charge in [-0.25, -0.2) is 4.68 Å². The lowest BCUT2D eigenvalue weighted by atomic mass is 10.1. The largest absolute Gasteiger partial charge is 0.496 e. The number of nitrogens with one attached hydrogen (secondary N) is 1. The van der Waals surface area contributed by atoms with Gasteiger partial charge in [0, 0.05) is 23.9 Å². The van der Waals surface area contributed by atoms with Crippen molar-refractivity contribution in [3.8, 4) is 22.7 Å². The van der Waals surface area contributed by atoms with E-state index in [0.29, 0.717) is 11.3 Å². The first-order valence-electron chi connectivity index (χ1n) is 9.40. The molecule has 0 saturated carbocycles. The van der Waals surface area contributed by atoms with Gasteiger partial charge in [-0.15, -0.1) is 0 Å². The summed E-state index contributed by atoms with van der Waals surface area (Å²) in [7, 11) is 1.40. The topological polar surface area (TPSA) is 99.3 Å². The average Bonchev–Trinajstić information content (AvgIpc) is 3.26. The van der Waals surface area contributed by atoms with Crippen LogP contribution >= 0.6 is 0 Å². The SMILES string of the molecule is COc1cc(NC(=O)c2cn(-c3ccccc3)nc2-c2ccccc2)cc([N+](=O)[O-])c1. The Bertz CT molecular complexity index is 1240. The smallest absolute Gasteiger partial charge is 0.275 e. The van der Waals surface area contributed by atoms with Crippen LogP contribution in [0.2, 0.25) is 0 Å². The van der Waals surface area contributed by atoms with Gasteiger partial charge < -0.3 is 10.1 Å². The zero-order chi connectivity index (χ0) is 21.8. The monoisotopic (exact) mass is 414 g/mol.